The van der Waals surface area contributed by atoms with Crippen LogP contribution in [0.2, 0.25) is 0 Å². The molecule has 19 heavy (non-hydrogen) atoms. The highest BCUT2D eigenvalue weighted by Crippen LogP contribution is 2.37. The summed E-state index contributed by atoms with van der Waals surface area (Å²) in [6.07, 6.45) is 3.59. The average Bonchev–Trinajstić information content (AvgIpc) is 2.85. The fraction of sp³-hybridized carbons (Fsp3) is 0.188. The van der Waals surface area contributed by atoms with Crippen molar-refractivity contribution in [2.45, 2.75) is 19.4 Å². The molecular formula is C16H15NOS. The summed E-state index contributed by atoms with van der Waals surface area (Å²) in [6, 6.07) is 12.0. The molecule has 0 saturated carbocycles. The molecule has 0 saturated heterocycles. The second kappa shape index (κ2) is 4.44. The standard InChI is InChI=1S/C16H15NOS/c1-11-6-7-15(19-11)16(2,18)14-5-3-4-12-10-17-9-8-13(12)14/h3-10,18H,1-2H3. The van der Waals surface area contributed by atoms with E-state index in [2.05, 4.69) is 11.9 Å². The van der Waals surface area contributed by atoms with Crippen LogP contribution in [0.25, 0.3) is 10.8 Å². The summed E-state index contributed by atoms with van der Waals surface area (Å²) in [4.78, 5) is 6.31. The van der Waals surface area contributed by atoms with Crippen molar-refractivity contribution in [2.75, 3.05) is 0 Å². The Bertz CT molecular complexity index is 725. The van der Waals surface area contributed by atoms with Crippen molar-refractivity contribution in [1.82, 2.24) is 4.98 Å². The minimum Gasteiger partial charge on any atom is -0.380 e. The normalized spacial score (nSPS) is 14.5. The van der Waals surface area contributed by atoms with Crippen molar-refractivity contribution in [3.05, 3.63) is 64.1 Å². The van der Waals surface area contributed by atoms with E-state index in [-0.39, 0.29) is 0 Å². The van der Waals surface area contributed by atoms with E-state index in [0.717, 1.165) is 21.2 Å². The first-order valence-corrected chi connectivity index (χ1v) is 7.03. The van der Waals surface area contributed by atoms with E-state index in [0.29, 0.717) is 0 Å². The SMILES string of the molecule is Cc1ccc(C(C)(O)c2cccc3cnccc23)s1. The zero-order valence-corrected chi connectivity index (χ0v) is 11.7. The molecule has 3 aromatic rings. The first-order valence-electron chi connectivity index (χ1n) is 6.21. The fourth-order valence-electron chi connectivity index (χ4n) is 2.38. The van der Waals surface area contributed by atoms with Gasteiger partial charge in [0.25, 0.3) is 0 Å². The van der Waals surface area contributed by atoms with E-state index in [4.69, 9.17) is 0 Å². The Labute approximate surface area is 116 Å². The molecule has 1 atom stereocenters. The topological polar surface area (TPSA) is 33.1 Å². The Morgan fingerprint density at radius 2 is 2.00 bits per heavy atom. The van der Waals surface area contributed by atoms with Crippen molar-refractivity contribution < 1.29 is 5.11 Å². The average molecular weight is 269 g/mol. The maximum absolute atomic E-state index is 11.0. The zero-order valence-electron chi connectivity index (χ0n) is 10.9. The van der Waals surface area contributed by atoms with Gasteiger partial charge in [-0.3, -0.25) is 4.98 Å². The third kappa shape index (κ3) is 2.05. The van der Waals surface area contributed by atoms with Gasteiger partial charge in [-0.25, -0.2) is 0 Å². The summed E-state index contributed by atoms with van der Waals surface area (Å²) in [5.41, 5.74) is -0.0472. The Balaban J connectivity index is 2.23. The second-order valence-electron chi connectivity index (χ2n) is 4.88. The number of thiophene rings is 1. The molecule has 3 heteroatoms. The maximum Gasteiger partial charge on any atom is 0.121 e. The number of fused-ring (bicyclic) bond motifs is 1. The van der Waals surface area contributed by atoms with E-state index in [1.54, 1.807) is 17.5 Å². The molecule has 0 radical (unpaired) electrons. The Morgan fingerprint density at radius 1 is 1.16 bits per heavy atom. The van der Waals surface area contributed by atoms with Gasteiger partial charge in [0, 0.05) is 27.5 Å². The third-order valence-corrected chi connectivity index (χ3v) is 4.64. The van der Waals surface area contributed by atoms with Gasteiger partial charge in [-0.1, -0.05) is 18.2 Å². The van der Waals surface area contributed by atoms with Gasteiger partial charge >= 0.3 is 0 Å². The monoisotopic (exact) mass is 269 g/mol. The minimum absolute atomic E-state index is 0.925. The van der Waals surface area contributed by atoms with E-state index in [1.807, 2.05) is 49.5 Å². The Morgan fingerprint density at radius 3 is 2.74 bits per heavy atom. The van der Waals surface area contributed by atoms with Gasteiger partial charge in [-0.2, -0.15) is 0 Å². The molecule has 1 aromatic carbocycles. The Kier molecular flexibility index (Phi) is 2.88. The predicted octanol–water partition coefficient (Wildman–Crippen LogP) is 3.86. The van der Waals surface area contributed by atoms with Crippen molar-refractivity contribution in [1.29, 1.82) is 0 Å². The zero-order chi connectivity index (χ0) is 13.5. The molecule has 0 amide bonds. The molecule has 2 nitrogen and oxygen atoms in total. The molecule has 1 N–H and O–H groups in total. The molecule has 0 aliphatic carbocycles. The van der Waals surface area contributed by atoms with Gasteiger partial charge in [-0.15, -0.1) is 11.3 Å². The van der Waals surface area contributed by atoms with Crippen LogP contribution in [-0.4, -0.2) is 10.1 Å². The number of hydrogen-bond acceptors (Lipinski definition) is 3. The minimum atomic E-state index is -0.972. The lowest BCUT2D eigenvalue weighted by atomic mass is 9.90. The molecule has 0 fully saturated rings. The van der Waals surface area contributed by atoms with Gasteiger partial charge in [-0.05, 0) is 43.0 Å². The van der Waals surface area contributed by atoms with E-state index >= 15 is 0 Å². The summed E-state index contributed by atoms with van der Waals surface area (Å²) in [5.74, 6) is 0. The van der Waals surface area contributed by atoms with E-state index in [9.17, 15) is 5.11 Å². The summed E-state index contributed by atoms with van der Waals surface area (Å²) in [6.45, 7) is 3.91. The number of aliphatic hydroxyl groups is 1. The summed E-state index contributed by atoms with van der Waals surface area (Å²) in [5, 5.41) is 13.1. The number of hydrogen-bond donors (Lipinski definition) is 1. The maximum atomic E-state index is 11.0. The van der Waals surface area contributed by atoms with Crippen LogP contribution in [0.4, 0.5) is 0 Å². The van der Waals surface area contributed by atoms with Gasteiger partial charge < -0.3 is 5.11 Å². The van der Waals surface area contributed by atoms with Crippen LogP contribution in [0.3, 0.4) is 0 Å². The largest absolute Gasteiger partial charge is 0.380 e. The molecule has 1 unspecified atom stereocenters. The second-order valence-corrected chi connectivity index (χ2v) is 6.17. The summed E-state index contributed by atoms with van der Waals surface area (Å²) < 4.78 is 0. The van der Waals surface area contributed by atoms with Gasteiger partial charge in [0.2, 0.25) is 0 Å². The number of aryl methyl sites for hydroxylation is 1. The highest BCUT2D eigenvalue weighted by molar-refractivity contribution is 7.12. The highest BCUT2D eigenvalue weighted by atomic mass is 32.1. The third-order valence-electron chi connectivity index (χ3n) is 3.43. The molecule has 0 aliphatic rings. The number of aromatic nitrogens is 1. The number of pyridine rings is 1. The summed E-state index contributed by atoms with van der Waals surface area (Å²) in [7, 11) is 0. The highest BCUT2D eigenvalue weighted by Gasteiger charge is 2.28. The quantitative estimate of drug-likeness (QED) is 0.766. The summed E-state index contributed by atoms with van der Waals surface area (Å²) >= 11 is 1.63. The molecule has 96 valence electrons. The lowest BCUT2D eigenvalue weighted by Crippen LogP contribution is -2.21. The van der Waals surface area contributed by atoms with Gasteiger partial charge in [0.05, 0.1) is 0 Å². The van der Waals surface area contributed by atoms with Crippen LogP contribution < -0.4 is 0 Å². The molecule has 0 aliphatic heterocycles. The molecular weight excluding hydrogens is 254 g/mol. The molecule has 0 bridgehead atoms. The van der Waals surface area contributed by atoms with Crippen molar-refractivity contribution >= 4 is 22.1 Å². The van der Waals surface area contributed by atoms with Crippen LogP contribution in [0.5, 0.6) is 0 Å². The van der Waals surface area contributed by atoms with Crippen molar-refractivity contribution in [3.8, 4) is 0 Å². The Hall–Kier alpha value is -1.71. The fourth-order valence-corrected chi connectivity index (χ4v) is 3.30. The van der Waals surface area contributed by atoms with Crippen LogP contribution in [-0.2, 0) is 5.60 Å². The first-order chi connectivity index (χ1) is 9.09. The van der Waals surface area contributed by atoms with E-state index in [1.165, 1.54) is 4.88 Å². The van der Waals surface area contributed by atoms with Crippen LogP contribution >= 0.6 is 11.3 Å². The van der Waals surface area contributed by atoms with Crippen molar-refractivity contribution in [2.24, 2.45) is 0 Å². The lowest BCUT2D eigenvalue weighted by molar-refractivity contribution is 0.108. The number of benzene rings is 1. The van der Waals surface area contributed by atoms with E-state index < -0.39 is 5.60 Å². The van der Waals surface area contributed by atoms with Crippen LogP contribution in [0.1, 0.15) is 22.2 Å². The number of rotatable bonds is 2. The molecule has 2 aromatic heterocycles. The van der Waals surface area contributed by atoms with Crippen LogP contribution in [0, 0.1) is 6.92 Å². The van der Waals surface area contributed by atoms with Crippen molar-refractivity contribution in [3.63, 3.8) is 0 Å². The van der Waals surface area contributed by atoms with Crippen LogP contribution in [0.15, 0.2) is 48.8 Å². The smallest absolute Gasteiger partial charge is 0.121 e. The molecule has 2 heterocycles. The first kappa shape index (κ1) is 12.3. The van der Waals surface area contributed by atoms with Gasteiger partial charge in [0.15, 0.2) is 0 Å². The molecule has 0 spiro atoms. The predicted molar refractivity (Wildman–Crippen MR) is 79.5 cm³/mol. The number of nitrogens with zero attached hydrogens (tertiary/aromatic N) is 1. The lowest BCUT2D eigenvalue weighted by Gasteiger charge is -2.24. The van der Waals surface area contributed by atoms with Gasteiger partial charge in [0.1, 0.15) is 5.60 Å². The molecule has 3 rings (SSSR count).